The number of aromatic amines is 1. The van der Waals surface area contributed by atoms with Crippen LogP contribution in [-0.2, 0) is 26.3 Å². The van der Waals surface area contributed by atoms with Crippen molar-refractivity contribution < 1.29 is 23.9 Å². The van der Waals surface area contributed by atoms with E-state index >= 15 is 0 Å². The third-order valence-corrected chi connectivity index (χ3v) is 8.90. The molecule has 0 saturated carbocycles. The van der Waals surface area contributed by atoms with Crippen molar-refractivity contribution in [1.82, 2.24) is 10.3 Å². The highest BCUT2D eigenvalue weighted by Gasteiger charge is 2.70. The summed E-state index contributed by atoms with van der Waals surface area (Å²) in [4.78, 5) is 46.7. The number of ether oxygens (including phenoxy) is 2. The average molecular weight is 585 g/mol. The highest BCUT2D eigenvalue weighted by Crippen LogP contribution is 2.54. The molecular formula is C29H21BrN4O5. The van der Waals surface area contributed by atoms with Crippen molar-refractivity contribution in [2.24, 2.45) is 11.8 Å². The number of amides is 3. The maximum Gasteiger partial charge on any atom is 0.250 e. The molecule has 0 radical (unpaired) electrons. The summed E-state index contributed by atoms with van der Waals surface area (Å²) in [6.45, 7) is 0.0808. The molecule has 9 nitrogen and oxygen atoms in total. The van der Waals surface area contributed by atoms with Gasteiger partial charge in [-0.05, 0) is 48.4 Å². The van der Waals surface area contributed by atoms with E-state index < -0.39 is 29.3 Å². The number of carbonyl (C=O) groups is 3. The van der Waals surface area contributed by atoms with E-state index in [9.17, 15) is 14.4 Å². The number of carbonyl (C=O) groups excluding carboxylic acids is 3. The number of nitrogens with one attached hydrogen (secondary N) is 3. The zero-order chi connectivity index (χ0) is 26.5. The summed E-state index contributed by atoms with van der Waals surface area (Å²) in [7, 11) is 0. The van der Waals surface area contributed by atoms with E-state index in [0.717, 1.165) is 20.9 Å². The molecule has 2 saturated heterocycles. The summed E-state index contributed by atoms with van der Waals surface area (Å²) in [5.41, 5.74) is 2.29. The van der Waals surface area contributed by atoms with Crippen molar-refractivity contribution in [3.63, 3.8) is 0 Å². The molecule has 0 aliphatic carbocycles. The number of nitrogens with zero attached hydrogens (tertiary/aromatic N) is 1. The topological polar surface area (TPSA) is 113 Å². The molecule has 10 heteroatoms. The van der Waals surface area contributed by atoms with Crippen LogP contribution in [-0.4, -0.2) is 35.5 Å². The van der Waals surface area contributed by atoms with Crippen molar-refractivity contribution in [2.75, 3.05) is 17.0 Å². The lowest BCUT2D eigenvalue weighted by molar-refractivity contribution is -0.130. The largest absolute Gasteiger partial charge is 0.454 e. The number of anilines is 2. The maximum absolute atomic E-state index is 14.3. The van der Waals surface area contributed by atoms with Gasteiger partial charge in [0.2, 0.25) is 24.5 Å². The van der Waals surface area contributed by atoms with E-state index in [1.54, 1.807) is 18.2 Å². The van der Waals surface area contributed by atoms with Crippen LogP contribution in [0.3, 0.4) is 0 Å². The second-order valence-electron chi connectivity index (χ2n) is 10.3. The van der Waals surface area contributed by atoms with Gasteiger partial charge in [-0.3, -0.25) is 19.7 Å². The predicted molar refractivity (Wildman–Crippen MR) is 145 cm³/mol. The van der Waals surface area contributed by atoms with Gasteiger partial charge >= 0.3 is 0 Å². The molecule has 1 spiro atoms. The van der Waals surface area contributed by atoms with Gasteiger partial charge in [-0.15, -0.1) is 0 Å². The number of para-hydroxylation sites is 1. The van der Waals surface area contributed by atoms with Crippen molar-refractivity contribution in [2.45, 2.75) is 18.0 Å². The van der Waals surface area contributed by atoms with Crippen LogP contribution >= 0.6 is 15.9 Å². The van der Waals surface area contributed by atoms with Crippen LogP contribution in [0.1, 0.15) is 11.1 Å². The second kappa shape index (κ2) is 7.93. The van der Waals surface area contributed by atoms with Gasteiger partial charge in [0.1, 0.15) is 5.54 Å². The molecule has 0 unspecified atom stereocenters. The van der Waals surface area contributed by atoms with Crippen molar-refractivity contribution in [3.8, 4) is 11.5 Å². The molecule has 5 heterocycles. The minimum Gasteiger partial charge on any atom is -0.454 e. The Morgan fingerprint density at radius 1 is 0.974 bits per heavy atom. The zero-order valence-corrected chi connectivity index (χ0v) is 21.9. The molecule has 0 bridgehead atoms. The lowest BCUT2D eigenvalue weighted by atomic mass is 9.76. The first-order valence-electron chi connectivity index (χ1n) is 12.7. The molecule has 39 heavy (non-hydrogen) atoms. The fraction of sp³-hybridized carbons (Fsp3) is 0.207. The molecule has 1 aromatic heterocycles. The molecule has 3 amide bonds. The molecule has 2 fully saturated rings. The van der Waals surface area contributed by atoms with E-state index in [0.29, 0.717) is 34.9 Å². The molecule has 4 aliphatic heterocycles. The molecule has 8 rings (SSSR count). The van der Waals surface area contributed by atoms with Gasteiger partial charge in [0.05, 0.1) is 17.5 Å². The number of fused-ring (bicyclic) bond motifs is 6. The number of imide groups is 1. The number of halogens is 1. The fourth-order valence-electron chi connectivity index (χ4n) is 6.77. The SMILES string of the molecule is O=C1[C@@H]2[C@H](Cc3c[nH]c4ccccc34)N[C@]3(C(=O)Nc4ccc(Br)cc43)[C@H]2C(=O)N1c1ccc2c(c1)OCO2. The predicted octanol–water partition coefficient (Wildman–Crippen LogP) is 3.83. The molecule has 4 aliphatic rings. The summed E-state index contributed by atoms with van der Waals surface area (Å²) in [6.07, 6.45) is 2.39. The van der Waals surface area contributed by atoms with Crippen LogP contribution in [0.25, 0.3) is 10.9 Å². The zero-order valence-electron chi connectivity index (χ0n) is 20.4. The summed E-state index contributed by atoms with van der Waals surface area (Å²) in [5, 5.41) is 7.52. The van der Waals surface area contributed by atoms with Crippen molar-refractivity contribution >= 4 is 55.9 Å². The minimum absolute atomic E-state index is 0.0808. The Morgan fingerprint density at radius 2 is 1.82 bits per heavy atom. The number of rotatable bonds is 3. The van der Waals surface area contributed by atoms with E-state index in [4.69, 9.17) is 9.47 Å². The van der Waals surface area contributed by atoms with Gasteiger partial charge in [0.25, 0.3) is 0 Å². The summed E-state index contributed by atoms with van der Waals surface area (Å²) >= 11 is 3.52. The van der Waals surface area contributed by atoms with E-state index in [-0.39, 0.29) is 18.6 Å². The highest BCUT2D eigenvalue weighted by atomic mass is 79.9. The Labute approximate surface area is 230 Å². The van der Waals surface area contributed by atoms with Crippen LogP contribution < -0.4 is 25.0 Å². The Morgan fingerprint density at radius 3 is 2.72 bits per heavy atom. The van der Waals surface area contributed by atoms with Crippen LogP contribution in [0.5, 0.6) is 11.5 Å². The Kier molecular flexibility index (Phi) is 4.64. The van der Waals surface area contributed by atoms with E-state index in [2.05, 4.69) is 31.5 Å². The quantitative estimate of drug-likeness (QED) is 0.315. The van der Waals surface area contributed by atoms with Crippen LogP contribution in [0.15, 0.2) is 71.3 Å². The van der Waals surface area contributed by atoms with Gasteiger partial charge in [0.15, 0.2) is 11.5 Å². The number of H-pyrrole nitrogens is 1. The molecule has 3 N–H and O–H groups in total. The third kappa shape index (κ3) is 3.01. The third-order valence-electron chi connectivity index (χ3n) is 8.41. The lowest BCUT2D eigenvalue weighted by Crippen LogP contribution is -2.53. The second-order valence-corrected chi connectivity index (χ2v) is 11.2. The Balaban J connectivity index is 1.28. The van der Waals surface area contributed by atoms with Crippen molar-refractivity contribution in [3.05, 3.63) is 82.5 Å². The Hall–Kier alpha value is -4.15. The first-order valence-corrected chi connectivity index (χ1v) is 13.5. The molecular weight excluding hydrogens is 564 g/mol. The number of benzene rings is 3. The van der Waals surface area contributed by atoms with Crippen molar-refractivity contribution in [1.29, 1.82) is 0 Å². The number of aromatic nitrogens is 1. The lowest BCUT2D eigenvalue weighted by Gasteiger charge is -2.29. The summed E-state index contributed by atoms with van der Waals surface area (Å²) in [5.74, 6) is -1.74. The molecule has 4 atom stereocenters. The van der Waals surface area contributed by atoms with Gasteiger partial charge in [-0.1, -0.05) is 34.1 Å². The number of hydrogen-bond acceptors (Lipinski definition) is 6. The average Bonchev–Trinajstić information content (AvgIpc) is 3.73. The smallest absolute Gasteiger partial charge is 0.250 e. The van der Waals surface area contributed by atoms with Gasteiger partial charge in [0, 0.05) is 44.9 Å². The molecule has 4 aromatic rings. The molecule has 194 valence electrons. The van der Waals surface area contributed by atoms with Gasteiger partial charge < -0.3 is 19.8 Å². The fourth-order valence-corrected chi connectivity index (χ4v) is 7.13. The molecule has 3 aromatic carbocycles. The Bertz CT molecular complexity index is 1750. The maximum atomic E-state index is 14.3. The number of hydrogen-bond donors (Lipinski definition) is 3. The first kappa shape index (κ1) is 22.8. The van der Waals surface area contributed by atoms with Crippen LogP contribution in [0.4, 0.5) is 11.4 Å². The normalized spacial score (nSPS) is 26.5. The van der Waals surface area contributed by atoms with Gasteiger partial charge in [-0.2, -0.15) is 0 Å². The summed E-state index contributed by atoms with van der Waals surface area (Å²) < 4.78 is 11.7. The standard InChI is InChI=1S/C29H21BrN4O5/c30-15-5-7-20-18(10-15)29(28(37)32-20)25-24(21(33-29)9-14-12-31-19-4-2-1-3-17(14)19)26(35)34(27(25)36)16-6-8-22-23(11-16)39-13-38-22/h1-8,10-12,21,24-25,31,33H,9,13H2,(H,32,37)/t21-,24+,25+,29-/m0/s1. The van der Waals surface area contributed by atoms with Crippen LogP contribution in [0, 0.1) is 11.8 Å². The highest BCUT2D eigenvalue weighted by molar-refractivity contribution is 9.10. The first-order chi connectivity index (χ1) is 19.0. The van der Waals surface area contributed by atoms with E-state index in [1.165, 1.54) is 4.90 Å². The van der Waals surface area contributed by atoms with Crippen LogP contribution in [0.2, 0.25) is 0 Å². The minimum atomic E-state index is -1.39. The van der Waals surface area contributed by atoms with E-state index in [1.807, 2.05) is 48.7 Å². The summed E-state index contributed by atoms with van der Waals surface area (Å²) in [6, 6.07) is 18.0. The van der Waals surface area contributed by atoms with Gasteiger partial charge in [-0.25, -0.2) is 4.90 Å². The monoisotopic (exact) mass is 584 g/mol.